The highest BCUT2D eigenvalue weighted by Crippen LogP contribution is 2.43. The van der Waals surface area contributed by atoms with Crippen molar-refractivity contribution < 1.29 is 14.9 Å². The Balaban J connectivity index is 1.86. The quantitative estimate of drug-likeness (QED) is 0.901. The molecule has 3 rings (SSSR count). The third kappa shape index (κ3) is 2.82. The van der Waals surface area contributed by atoms with Crippen LogP contribution in [0.25, 0.3) is 0 Å². The molecule has 3 atom stereocenters. The van der Waals surface area contributed by atoms with Crippen LogP contribution in [-0.2, 0) is 6.42 Å². The normalized spacial score (nSPS) is 28.3. The second-order valence-electron chi connectivity index (χ2n) is 7.18. The molecule has 0 amide bonds. The van der Waals surface area contributed by atoms with Gasteiger partial charge < -0.3 is 14.9 Å². The number of ether oxygens (including phenoxy) is 1. The number of aliphatic hydroxyl groups excluding tert-OH is 1. The molecule has 2 aliphatic heterocycles. The Morgan fingerprint density at radius 3 is 2.82 bits per heavy atom. The van der Waals surface area contributed by atoms with Gasteiger partial charge in [0, 0.05) is 19.1 Å². The van der Waals surface area contributed by atoms with Crippen LogP contribution >= 0.6 is 0 Å². The van der Waals surface area contributed by atoms with E-state index in [0.29, 0.717) is 17.6 Å². The highest BCUT2D eigenvalue weighted by molar-refractivity contribution is 5.48. The fourth-order valence-corrected chi connectivity index (χ4v) is 4.11. The van der Waals surface area contributed by atoms with Crippen molar-refractivity contribution in [3.8, 4) is 11.5 Å². The van der Waals surface area contributed by atoms with Gasteiger partial charge in [0.15, 0.2) is 11.5 Å². The number of phenolic OH excluding ortho intramolecular Hbond substituents is 1. The highest BCUT2D eigenvalue weighted by Gasteiger charge is 2.38. The van der Waals surface area contributed by atoms with Gasteiger partial charge in [0.1, 0.15) is 0 Å². The molecule has 2 N–H and O–H groups in total. The Morgan fingerprint density at radius 1 is 1.36 bits per heavy atom. The van der Waals surface area contributed by atoms with Crippen molar-refractivity contribution in [2.45, 2.75) is 45.3 Å². The summed E-state index contributed by atoms with van der Waals surface area (Å²) >= 11 is 0. The molecule has 0 bridgehead atoms. The van der Waals surface area contributed by atoms with Gasteiger partial charge in [-0.2, -0.15) is 0 Å². The molecule has 0 saturated carbocycles. The summed E-state index contributed by atoms with van der Waals surface area (Å²) in [5.41, 5.74) is 2.40. The average Bonchev–Trinajstić information content (AvgIpc) is 2.47. The number of phenols is 1. The third-order valence-corrected chi connectivity index (χ3v) is 5.16. The summed E-state index contributed by atoms with van der Waals surface area (Å²) in [5, 5.41) is 20.5. The van der Waals surface area contributed by atoms with Gasteiger partial charge in [0.05, 0.1) is 13.2 Å². The van der Waals surface area contributed by atoms with Gasteiger partial charge in [-0.05, 0) is 54.4 Å². The lowest BCUT2D eigenvalue weighted by atomic mass is 9.79. The zero-order valence-electron chi connectivity index (χ0n) is 13.7. The third-order valence-electron chi connectivity index (χ3n) is 5.16. The van der Waals surface area contributed by atoms with E-state index in [2.05, 4.69) is 18.7 Å². The average molecular weight is 305 g/mol. The number of nitrogens with zero attached hydrogens (tertiary/aromatic N) is 1. The lowest BCUT2D eigenvalue weighted by molar-refractivity contribution is -0.0191. The Bertz CT molecular complexity index is 543. The SMILES string of the molecule is COc1cc2c(cc1O)CCN1C[C@@H](CC(C)C)C(O)CC21. The summed E-state index contributed by atoms with van der Waals surface area (Å²) in [6, 6.07) is 4.03. The van der Waals surface area contributed by atoms with E-state index in [0.717, 1.165) is 32.4 Å². The molecule has 22 heavy (non-hydrogen) atoms. The van der Waals surface area contributed by atoms with E-state index < -0.39 is 0 Å². The first-order chi connectivity index (χ1) is 10.5. The standard InChI is InChI=1S/C18H27NO3/c1-11(2)6-13-10-19-5-4-12-7-17(21)18(22-3)8-14(12)15(19)9-16(13)20/h7-8,11,13,15-16,20-21H,4-6,9-10H2,1-3H3/t13-,15?,16?/m1/s1. The summed E-state index contributed by atoms with van der Waals surface area (Å²) in [6.07, 6.45) is 2.57. The summed E-state index contributed by atoms with van der Waals surface area (Å²) in [5.74, 6) is 1.73. The van der Waals surface area contributed by atoms with Crippen molar-refractivity contribution in [1.29, 1.82) is 0 Å². The number of rotatable bonds is 3. The molecule has 1 fully saturated rings. The van der Waals surface area contributed by atoms with Gasteiger partial charge in [0.25, 0.3) is 0 Å². The second kappa shape index (κ2) is 6.09. The first-order valence-corrected chi connectivity index (χ1v) is 8.31. The van der Waals surface area contributed by atoms with E-state index in [1.54, 1.807) is 7.11 Å². The molecule has 2 unspecified atom stereocenters. The largest absolute Gasteiger partial charge is 0.504 e. The van der Waals surface area contributed by atoms with Crippen LogP contribution in [0, 0.1) is 11.8 Å². The van der Waals surface area contributed by atoms with Crippen LogP contribution in [-0.4, -0.2) is 41.4 Å². The molecule has 0 aliphatic carbocycles. The van der Waals surface area contributed by atoms with Crippen LogP contribution in [0.15, 0.2) is 12.1 Å². The number of benzene rings is 1. The minimum Gasteiger partial charge on any atom is -0.504 e. The Morgan fingerprint density at radius 2 is 2.14 bits per heavy atom. The molecule has 0 aromatic heterocycles. The number of aromatic hydroxyl groups is 1. The van der Waals surface area contributed by atoms with Crippen molar-refractivity contribution in [2.75, 3.05) is 20.2 Å². The molecule has 0 spiro atoms. The van der Waals surface area contributed by atoms with Gasteiger partial charge in [-0.25, -0.2) is 0 Å². The molecule has 2 aliphatic rings. The van der Waals surface area contributed by atoms with Crippen LogP contribution in [0.5, 0.6) is 11.5 Å². The second-order valence-corrected chi connectivity index (χ2v) is 7.18. The first kappa shape index (κ1) is 15.6. The monoisotopic (exact) mass is 305 g/mol. The molecule has 4 nitrogen and oxygen atoms in total. The molecule has 1 aromatic carbocycles. The van der Waals surface area contributed by atoms with E-state index in [-0.39, 0.29) is 17.9 Å². The number of hydrogen-bond acceptors (Lipinski definition) is 4. The fourth-order valence-electron chi connectivity index (χ4n) is 4.11. The van der Waals surface area contributed by atoms with E-state index in [9.17, 15) is 10.2 Å². The number of fused-ring (bicyclic) bond motifs is 3. The highest BCUT2D eigenvalue weighted by atomic mass is 16.5. The van der Waals surface area contributed by atoms with Crippen LogP contribution in [0.2, 0.25) is 0 Å². The van der Waals surface area contributed by atoms with Crippen molar-refractivity contribution in [2.24, 2.45) is 11.8 Å². The summed E-state index contributed by atoms with van der Waals surface area (Å²) in [6.45, 7) is 6.41. The number of hydrogen-bond donors (Lipinski definition) is 2. The van der Waals surface area contributed by atoms with Crippen LogP contribution in [0.3, 0.4) is 0 Å². The zero-order chi connectivity index (χ0) is 15.9. The van der Waals surface area contributed by atoms with Gasteiger partial charge in [0.2, 0.25) is 0 Å². The molecular formula is C18H27NO3. The van der Waals surface area contributed by atoms with Gasteiger partial charge in [-0.3, -0.25) is 4.90 Å². The molecule has 2 heterocycles. The first-order valence-electron chi connectivity index (χ1n) is 8.31. The Kier molecular flexibility index (Phi) is 4.33. The summed E-state index contributed by atoms with van der Waals surface area (Å²) < 4.78 is 5.26. The van der Waals surface area contributed by atoms with E-state index in [4.69, 9.17) is 4.74 Å². The minimum atomic E-state index is -0.241. The lowest BCUT2D eigenvalue weighted by Gasteiger charge is -2.46. The molecule has 0 radical (unpaired) electrons. The summed E-state index contributed by atoms with van der Waals surface area (Å²) in [7, 11) is 1.58. The van der Waals surface area contributed by atoms with Crippen LogP contribution < -0.4 is 4.74 Å². The maximum Gasteiger partial charge on any atom is 0.160 e. The maximum atomic E-state index is 10.6. The van der Waals surface area contributed by atoms with Crippen molar-refractivity contribution >= 4 is 0 Å². The molecular weight excluding hydrogens is 278 g/mol. The van der Waals surface area contributed by atoms with Crippen molar-refractivity contribution in [3.05, 3.63) is 23.3 Å². The zero-order valence-corrected chi connectivity index (χ0v) is 13.7. The number of methoxy groups -OCH3 is 1. The Hall–Kier alpha value is -1.26. The smallest absolute Gasteiger partial charge is 0.160 e. The molecule has 122 valence electrons. The van der Waals surface area contributed by atoms with Gasteiger partial charge in [-0.15, -0.1) is 0 Å². The Labute approximate surface area is 132 Å². The fraction of sp³-hybridized carbons (Fsp3) is 0.667. The van der Waals surface area contributed by atoms with Crippen molar-refractivity contribution in [1.82, 2.24) is 4.90 Å². The van der Waals surface area contributed by atoms with E-state index >= 15 is 0 Å². The maximum absolute atomic E-state index is 10.6. The van der Waals surface area contributed by atoms with Crippen LogP contribution in [0.4, 0.5) is 0 Å². The molecule has 1 saturated heterocycles. The van der Waals surface area contributed by atoms with Crippen LogP contribution in [0.1, 0.15) is 43.9 Å². The predicted octanol–water partition coefficient (Wildman–Crippen LogP) is 2.73. The minimum absolute atomic E-state index is 0.212. The van der Waals surface area contributed by atoms with Gasteiger partial charge >= 0.3 is 0 Å². The topological polar surface area (TPSA) is 52.9 Å². The predicted molar refractivity (Wildman–Crippen MR) is 86.2 cm³/mol. The lowest BCUT2D eigenvalue weighted by Crippen LogP contribution is -2.48. The molecule has 4 heteroatoms. The van der Waals surface area contributed by atoms with E-state index in [1.807, 2.05) is 12.1 Å². The van der Waals surface area contributed by atoms with Crippen molar-refractivity contribution in [3.63, 3.8) is 0 Å². The van der Waals surface area contributed by atoms with E-state index in [1.165, 1.54) is 11.1 Å². The number of aliphatic hydroxyl groups is 1. The number of piperidine rings is 1. The summed E-state index contributed by atoms with van der Waals surface area (Å²) in [4.78, 5) is 2.50. The van der Waals surface area contributed by atoms with Gasteiger partial charge in [-0.1, -0.05) is 13.8 Å². The molecule has 1 aromatic rings.